The summed E-state index contributed by atoms with van der Waals surface area (Å²) in [5.41, 5.74) is 2.23. The second kappa shape index (κ2) is 4.87. The summed E-state index contributed by atoms with van der Waals surface area (Å²) in [6.07, 6.45) is 0. The van der Waals surface area contributed by atoms with E-state index in [1.165, 1.54) is 0 Å². The van der Waals surface area contributed by atoms with Crippen LogP contribution < -0.4 is 5.32 Å². The Morgan fingerprint density at radius 1 is 1.21 bits per heavy atom. The van der Waals surface area contributed by atoms with E-state index in [4.69, 9.17) is 0 Å². The van der Waals surface area contributed by atoms with Gasteiger partial charge in [0.1, 0.15) is 11.5 Å². The van der Waals surface area contributed by atoms with E-state index >= 15 is 0 Å². The first kappa shape index (κ1) is 13.3. The summed E-state index contributed by atoms with van der Waals surface area (Å²) in [5, 5.41) is 11.4. The summed E-state index contributed by atoms with van der Waals surface area (Å²) >= 11 is 0. The minimum Gasteiger partial charge on any atom is -0.305 e. The van der Waals surface area contributed by atoms with Gasteiger partial charge in [-0.25, -0.2) is 4.68 Å². The zero-order valence-electron chi connectivity index (χ0n) is 11.9. The van der Waals surface area contributed by atoms with E-state index in [1.54, 1.807) is 22.5 Å². The highest BCUT2D eigenvalue weighted by Gasteiger charge is 2.15. The van der Waals surface area contributed by atoms with Crippen molar-refractivity contribution in [3.8, 4) is 0 Å². The Kier molecular flexibility index (Phi) is 3.42. The quantitative estimate of drug-likeness (QED) is 0.919. The second-order valence-electron chi connectivity index (χ2n) is 4.96. The maximum Gasteiger partial charge on any atom is 0.275 e. The van der Waals surface area contributed by atoms with Crippen LogP contribution >= 0.6 is 0 Å². The number of hydrogen-bond acceptors (Lipinski definition) is 3. The minimum atomic E-state index is -0.176. The lowest BCUT2D eigenvalue weighted by Crippen LogP contribution is -2.19. The summed E-state index contributed by atoms with van der Waals surface area (Å²) in [7, 11) is 1.76. The number of hydrogen-bond donors (Lipinski definition) is 1. The van der Waals surface area contributed by atoms with E-state index in [0.29, 0.717) is 11.5 Å². The number of aromatic nitrogens is 4. The number of nitrogens with one attached hydrogen (secondary N) is 1. The van der Waals surface area contributed by atoms with Crippen molar-refractivity contribution in [1.29, 1.82) is 0 Å². The van der Waals surface area contributed by atoms with Gasteiger partial charge in [0.2, 0.25) is 0 Å². The molecule has 0 fully saturated rings. The first-order valence-electron chi connectivity index (χ1n) is 6.26. The van der Waals surface area contributed by atoms with Gasteiger partial charge in [0.25, 0.3) is 5.91 Å². The van der Waals surface area contributed by atoms with Crippen molar-refractivity contribution in [3.63, 3.8) is 0 Å². The molecule has 6 nitrogen and oxygen atoms in total. The predicted molar refractivity (Wildman–Crippen MR) is 73.2 cm³/mol. The SMILES string of the molecule is Cc1cc(C(=O)Nc2cc(C)nn2C(C)C)n(C)n1. The van der Waals surface area contributed by atoms with Crippen molar-refractivity contribution in [2.75, 3.05) is 5.32 Å². The highest BCUT2D eigenvalue weighted by Crippen LogP contribution is 2.17. The van der Waals surface area contributed by atoms with Crippen LogP contribution in [-0.4, -0.2) is 25.5 Å². The molecule has 0 spiro atoms. The first-order valence-corrected chi connectivity index (χ1v) is 6.26. The molecule has 0 saturated heterocycles. The van der Waals surface area contributed by atoms with E-state index < -0.39 is 0 Å². The van der Waals surface area contributed by atoms with Crippen LogP contribution in [0.1, 0.15) is 41.8 Å². The molecular formula is C13H19N5O. The van der Waals surface area contributed by atoms with Crippen LogP contribution in [0.4, 0.5) is 5.82 Å². The number of nitrogens with zero attached hydrogens (tertiary/aromatic N) is 4. The van der Waals surface area contributed by atoms with Gasteiger partial charge in [-0.15, -0.1) is 0 Å². The normalized spacial score (nSPS) is 11.1. The van der Waals surface area contributed by atoms with Crippen LogP contribution in [0, 0.1) is 13.8 Å². The monoisotopic (exact) mass is 261 g/mol. The highest BCUT2D eigenvalue weighted by molar-refractivity contribution is 6.02. The molecule has 2 aromatic heterocycles. The number of amides is 1. The largest absolute Gasteiger partial charge is 0.305 e. The summed E-state index contributed by atoms with van der Waals surface area (Å²) in [5.74, 6) is 0.529. The molecule has 6 heteroatoms. The second-order valence-corrected chi connectivity index (χ2v) is 4.96. The molecule has 19 heavy (non-hydrogen) atoms. The molecule has 0 saturated carbocycles. The van der Waals surface area contributed by atoms with Crippen LogP contribution in [-0.2, 0) is 7.05 Å². The number of carbonyl (C=O) groups excluding carboxylic acids is 1. The summed E-state index contributed by atoms with van der Waals surface area (Å²) in [4.78, 5) is 12.2. The fourth-order valence-corrected chi connectivity index (χ4v) is 2.01. The lowest BCUT2D eigenvalue weighted by Gasteiger charge is -2.11. The highest BCUT2D eigenvalue weighted by atomic mass is 16.2. The molecule has 0 aliphatic carbocycles. The van der Waals surface area contributed by atoms with Crippen LogP contribution in [0.2, 0.25) is 0 Å². The van der Waals surface area contributed by atoms with Gasteiger partial charge >= 0.3 is 0 Å². The van der Waals surface area contributed by atoms with Crippen molar-refractivity contribution in [3.05, 3.63) is 29.2 Å². The van der Waals surface area contributed by atoms with Gasteiger partial charge in [0.05, 0.1) is 11.4 Å². The molecule has 0 aliphatic rings. The minimum absolute atomic E-state index is 0.176. The fraction of sp³-hybridized carbons (Fsp3) is 0.462. The molecule has 2 rings (SSSR count). The molecule has 0 atom stereocenters. The Hall–Kier alpha value is -2.11. The van der Waals surface area contributed by atoms with Crippen LogP contribution in [0.25, 0.3) is 0 Å². The van der Waals surface area contributed by atoms with Crippen LogP contribution in [0.5, 0.6) is 0 Å². The third-order valence-electron chi connectivity index (χ3n) is 2.82. The maximum atomic E-state index is 12.2. The molecule has 1 amide bonds. The standard InChI is InChI=1S/C13H19N5O/c1-8(2)18-12(7-10(4)16-18)14-13(19)11-6-9(3)15-17(11)5/h6-8H,1-5H3,(H,14,19). The van der Waals surface area contributed by atoms with Crippen molar-refractivity contribution >= 4 is 11.7 Å². The Labute approximate surface area is 112 Å². The van der Waals surface area contributed by atoms with E-state index in [1.807, 2.05) is 33.8 Å². The van der Waals surface area contributed by atoms with Crippen molar-refractivity contribution in [2.24, 2.45) is 7.05 Å². The molecule has 0 aliphatic heterocycles. The van der Waals surface area contributed by atoms with Crippen molar-refractivity contribution in [1.82, 2.24) is 19.6 Å². The lowest BCUT2D eigenvalue weighted by molar-refractivity contribution is 0.101. The van der Waals surface area contributed by atoms with Gasteiger partial charge < -0.3 is 5.32 Å². The summed E-state index contributed by atoms with van der Waals surface area (Å²) in [6.45, 7) is 7.81. The molecule has 0 bridgehead atoms. The number of rotatable bonds is 3. The molecule has 0 radical (unpaired) electrons. The predicted octanol–water partition coefficient (Wildman–Crippen LogP) is 2.07. The number of aryl methyl sites for hydroxylation is 3. The van der Waals surface area contributed by atoms with Crippen LogP contribution in [0.15, 0.2) is 12.1 Å². The summed E-state index contributed by atoms with van der Waals surface area (Å²) < 4.78 is 3.38. The lowest BCUT2D eigenvalue weighted by atomic mass is 10.3. The van der Waals surface area contributed by atoms with Crippen LogP contribution in [0.3, 0.4) is 0 Å². The van der Waals surface area contributed by atoms with Gasteiger partial charge in [0.15, 0.2) is 0 Å². The van der Waals surface area contributed by atoms with E-state index in [0.717, 1.165) is 11.4 Å². The smallest absolute Gasteiger partial charge is 0.275 e. The molecular weight excluding hydrogens is 242 g/mol. The third kappa shape index (κ3) is 2.67. The van der Waals surface area contributed by atoms with Gasteiger partial charge in [-0.05, 0) is 33.8 Å². The van der Waals surface area contributed by atoms with Gasteiger partial charge in [-0.3, -0.25) is 9.48 Å². The average molecular weight is 261 g/mol. The Morgan fingerprint density at radius 3 is 2.37 bits per heavy atom. The zero-order chi connectivity index (χ0) is 14.2. The molecule has 0 aromatic carbocycles. The number of anilines is 1. The molecule has 2 aromatic rings. The Balaban J connectivity index is 2.26. The molecule has 1 N–H and O–H groups in total. The van der Waals surface area contributed by atoms with E-state index in [2.05, 4.69) is 15.5 Å². The maximum absolute atomic E-state index is 12.2. The number of carbonyl (C=O) groups is 1. The van der Waals surface area contributed by atoms with E-state index in [-0.39, 0.29) is 11.9 Å². The fourth-order valence-electron chi connectivity index (χ4n) is 2.01. The van der Waals surface area contributed by atoms with Crippen molar-refractivity contribution < 1.29 is 4.79 Å². The van der Waals surface area contributed by atoms with E-state index in [9.17, 15) is 4.79 Å². The average Bonchev–Trinajstić information content (AvgIpc) is 2.81. The molecule has 0 unspecified atom stereocenters. The Bertz CT molecular complexity index is 609. The van der Waals surface area contributed by atoms with Gasteiger partial charge in [0, 0.05) is 19.2 Å². The zero-order valence-corrected chi connectivity index (χ0v) is 11.9. The van der Waals surface area contributed by atoms with Gasteiger partial charge in [-0.1, -0.05) is 0 Å². The van der Waals surface area contributed by atoms with Crippen molar-refractivity contribution in [2.45, 2.75) is 33.7 Å². The third-order valence-corrected chi connectivity index (χ3v) is 2.82. The van der Waals surface area contributed by atoms with Gasteiger partial charge in [-0.2, -0.15) is 10.2 Å². The Morgan fingerprint density at radius 2 is 1.84 bits per heavy atom. The first-order chi connectivity index (χ1) is 8.88. The summed E-state index contributed by atoms with van der Waals surface area (Å²) in [6, 6.07) is 3.82. The topological polar surface area (TPSA) is 64.7 Å². The molecule has 102 valence electrons. The molecule has 2 heterocycles.